The smallest absolute Gasteiger partial charge is 0.110 e. The highest BCUT2D eigenvalue weighted by Gasteiger charge is 2.18. The minimum atomic E-state index is 0.478. The molecule has 1 saturated heterocycles. The van der Waals surface area contributed by atoms with E-state index in [0.717, 1.165) is 16.7 Å². The van der Waals surface area contributed by atoms with Crippen LogP contribution in [-0.2, 0) is 0 Å². The van der Waals surface area contributed by atoms with Crippen molar-refractivity contribution in [3.8, 4) is 10.6 Å². The molecule has 2 nitrogen and oxygen atoms in total. The van der Waals surface area contributed by atoms with Gasteiger partial charge in [0.15, 0.2) is 0 Å². The molecule has 0 amide bonds. The molecule has 2 aromatic rings. The average Bonchev–Trinajstić information content (AvgIpc) is 2.98. The fourth-order valence-corrected chi connectivity index (χ4v) is 4.46. The summed E-state index contributed by atoms with van der Waals surface area (Å²) >= 11 is 7.00. The third-order valence-electron chi connectivity index (χ3n) is 2.95. The third kappa shape index (κ3) is 2.62. The molecular weight excluding hydrogens is 316 g/mol. The molecule has 90 valence electrons. The van der Waals surface area contributed by atoms with Crippen molar-refractivity contribution in [2.75, 3.05) is 6.54 Å². The average molecular weight is 329 g/mol. The molecule has 0 spiro atoms. The van der Waals surface area contributed by atoms with Crippen LogP contribution in [0.5, 0.6) is 0 Å². The van der Waals surface area contributed by atoms with Crippen molar-refractivity contribution in [3.63, 3.8) is 0 Å². The Morgan fingerprint density at radius 3 is 2.94 bits per heavy atom. The van der Waals surface area contributed by atoms with Gasteiger partial charge in [-0.05, 0) is 41.4 Å². The summed E-state index contributed by atoms with van der Waals surface area (Å²) in [6, 6.07) is 2.61. The van der Waals surface area contributed by atoms with E-state index in [4.69, 9.17) is 4.98 Å². The molecule has 0 aromatic carbocycles. The van der Waals surface area contributed by atoms with Gasteiger partial charge in [-0.1, -0.05) is 6.42 Å². The van der Waals surface area contributed by atoms with Gasteiger partial charge in [0.05, 0.1) is 16.6 Å². The lowest BCUT2D eigenvalue weighted by atomic mass is 10.1. The molecule has 5 heteroatoms. The van der Waals surface area contributed by atoms with Crippen LogP contribution in [0, 0.1) is 0 Å². The topological polar surface area (TPSA) is 24.9 Å². The Labute approximate surface area is 117 Å². The number of thiazole rings is 1. The first-order chi connectivity index (χ1) is 8.33. The molecule has 2 aromatic heterocycles. The van der Waals surface area contributed by atoms with E-state index >= 15 is 0 Å². The Kier molecular flexibility index (Phi) is 3.61. The maximum atomic E-state index is 4.76. The number of hydrogen-bond donors (Lipinski definition) is 1. The predicted octanol–water partition coefficient (Wildman–Crippen LogP) is 4.45. The molecule has 1 N–H and O–H groups in total. The summed E-state index contributed by atoms with van der Waals surface area (Å²) in [7, 11) is 0. The Hall–Kier alpha value is -0.230. The molecule has 1 atom stereocenters. The number of nitrogens with one attached hydrogen (secondary N) is 1. The number of aromatic nitrogens is 1. The van der Waals surface area contributed by atoms with Crippen LogP contribution in [-0.4, -0.2) is 11.5 Å². The lowest BCUT2D eigenvalue weighted by Gasteiger charge is -2.21. The first-order valence-corrected chi connectivity index (χ1v) is 8.31. The van der Waals surface area contributed by atoms with Gasteiger partial charge in [-0.15, -0.1) is 22.7 Å². The van der Waals surface area contributed by atoms with Gasteiger partial charge >= 0.3 is 0 Å². The fourth-order valence-electron chi connectivity index (χ4n) is 2.07. The van der Waals surface area contributed by atoms with Crippen molar-refractivity contribution in [1.29, 1.82) is 0 Å². The number of rotatable bonds is 2. The van der Waals surface area contributed by atoms with Crippen LogP contribution in [0.25, 0.3) is 10.6 Å². The van der Waals surface area contributed by atoms with E-state index in [1.165, 1.54) is 29.1 Å². The molecule has 3 heterocycles. The van der Waals surface area contributed by atoms with Crippen molar-refractivity contribution in [1.82, 2.24) is 10.3 Å². The molecule has 1 aliphatic heterocycles. The summed E-state index contributed by atoms with van der Waals surface area (Å²) in [6.07, 6.45) is 3.84. The minimum Gasteiger partial charge on any atom is -0.308 e. The van der Waals surface area contributed by atoms with E-state index in [9.17, 15) is 0 Å². The largest absolute Gasteiger partial charge is 0.308 e. The number of hydrogen-bond acceptors (Lipinski definition) is 4. The Balaban J connectivity index is 1.82. The van der Waals surface area contributed by atoms with Crippen LogP contribution >= 0.6 is 38.6 Å². The van der Waals surface area contributed by atoms with E-state index < -0.39 is 0 Å². The molecule has 1 fully saturated rings. The monoisotopic (exact) mass is 328 g/mol. The number of nitrogens with zero attached hydrogens (tertiary/aromatic N) is 1. The SMILES string of the molecule is Brc1csc(-c2csc(C3CCCCN3)n2)c1. The van der Waals surface area contributed by atoms with Gasteiger partial charge in [0.1, 0.15) is 5.01 Å². The summed E-state index contributed by atoms with van der Waals surface area (Å²) in [6.45, 7) is 1.13. The zero-order valence-electron chi connectivity index (χ0n) is 9.28. The van der Waals surface area contributed by atoms with Crippen LogP contribution in [0.2, 0.25) is 0 Å². The Morgan fingerprint density at radius 2 is 2.24 bits per heavy atom. The van der Waals surface area contributed by atoms with E-state index in [2.05, 4.69) is 38.1 Å². The zero-order chi connectivity index (χ0) is 11.7. The van der Waals surface area contributed by atoms with E-state index in [-0.39, 0.29) is 0 Å². The summed E-state index contributed by atoms with van der Waals surface area (Å²) in [5.41, 5.74) is 1.12. The van der Waals surface area contributed by atoms with Crippen molar-refractivity contribution < 1.29 is 0 Å². The number of piperidine rings is 1. The predicted molar refractivity (Wildman–Crippen MR) is 77.7 cm³/mol. The lowest BCUT2D eigenvalue weighted by molar-refractivity contribution is 0.411. The van der Waals surface area contributed by atoms with Gasteiger partial charge in [-0.2, -0.15) is 0 Å². The van der Waals surface area contributed by atoms with Crippen LogP contribution in [0.15, 0.2) is 21.3 Å². The standard InChI is InChI=1S/C12H13BrN2S2/c13-8-5-11(16-6-8)10-7-17-12(15-10)9-3-1-2-4-14-9/h5-7,9,14H,1-4H2. The molecule has 1 aliphatic rings. The summed E-state index contributed by atoms with van der Waals surface area (Å²) in [4.78, 5) is 6.01. The fraction of sp³-hybridized carbons (Fsp3) is 0.417. The van der Waals surface area contributed by atoms with Crippen molar-refractivity contribution in [2.45, 2.75) is 25.3 Å². The Bertz CT molecular complexity index is 500. The molecule has 3 rings (SSSR count). The van der Waals surface area contributed by atoms with Gasteiger partial charge in [0, 0.05) is 15.2 Å². The first kappa shape index (κ1) is 11.8. The molecule has 0 bridgehead atoms. The Morgan fingerprint density at radius 1 is 1.29 bits per heavy atom. The normalized spacial score (nSPS) is 20.6. The summed E-state index contributed by atoms with van der Waals surface area (Å²) in [5, 5.41) is 9.06. The van der Waals surface area contributed by atoms with Crippen LogP contribution in [0.1, 0.15) is 30.3 Å². The minimum absolute atomic E-state index is 0.478. The van der Waals surface area contributed by atoms with Crippen LogP contribution in [0.4, 0.5) is 0 Å². The number of halogens is 1. The maximum Gasteiger partial charge on any atom is 0.110 e. The second-order valence-corrected chi connectivity index (χ2v) is 6.92. The quantitative estimate of drug-likeness (QED) is 0.880. The molecular formula is C12H13BrN2S2. The summed E-state index contributed by atoms with van der Waals surface area (Å²) < 4.78 is 1.14. The first-order valence-electron chi connectivity index (χ1n) is 5.76. The molecule has 0 radical (unpaired) electrons. The van der Waals surface area contributed by atoms with Crippen molar-refractivity contribution in [3.05, 3.63) is 26.3 Å². The van der Waals surface area contributed by atoms with Gasteiger partial charge in [0.2, 0.25) is 0 Å². The second kappa shape index (κ2) is 5.18. The molecule has 0 aliphatic carbocycles. The highest BCUT2D eigenvalue weighted by Crippen LogP contribution is 2.33. The third-order valence-corrected chi connectivity index (χ3v) is 5.62. The second-order valence-electron chi connectivity index (χ2n) is 4.20. The van der Waals surface area contributed by atoms with Gasteiger partial charge in [-0.25, -0.2) is 4.98 Å². The number of thiophene rings is 1. The van der Waals surface area contributed by atoms with Crippen LogP contribution in [0.3, 0.4) is 0 Å². The van der Waals surface area contributed by atoms with Crippen molar-refractivity contribution >= 4 is 38.6 Å². The van der Waals surface area contributed by atoms with E-state index in [1.54, 1.807) is 22.7 Å². The van der Waals surface area contributed by atoms with Gasteiger partial charge in [-0.3, -0.25) is 0 Å². The van der Waals surface area contributed by atoms with E-state index in [0.29, 0.717) is 6.04 Å². The van der Waals surface area contributed by atoms with Gasteiger partial charge in [0.25, 0.3) is 0 Å². The molecule has 17 heavy (non-hydrogen) atoms. The van der Waals surface area contributed by atoms with Gasteiger partial charge < -0.3 is 5.32 Å². The molecule has 0 saturated carbocycles. The lowest BCUT2D eigenvalue weighted by Crippen LogP contribution is -2.26. The van der Waals surface area contributed by atoms with E-state index in [1.807, 2.05) is 0 Å². The summed E-state index contributed by atoms with van der Waals surface area (Å²) in [5.74, 6) is 0. The highest BCUT2D eigenvalue weighted by molar-refractivity contribution is 9.10. The van der Waals surface area contributed by atoms with Crippen molar-refractivity contribution in [2.24, 2.45) is 0 Å². The molecule has 1 unspecified atom stereocenters. The highest BCUT2D eigenvalue weighted by atomic mass is 79.9. The zero-order valence-corrected chi connectivity index (χ0v) is 12.5. The van der Waals surface area contributed by atoms with Crippen LogP contribution < -0.4 is 5.32 Å². The maximum absolute atomic E-state index is 4.76.